The Morgan fingerprint density at radius 1 is 1.67 bits per heavy atom. The molecule has 3 heteroatoms. The summed E-state index contributed by atoms with van der Waals surface area (Å²) >= 11 is 0. The number of imidazole rings is 1. The second kappa shape index (κ2) is 3.27. The molecule has 2 heterocycles. The summed E-state index contributed by atoms with van der Waals surface area (Å²) in [6.07, 6.45) is 7.50. The van der Waals surface area contributed by atoms with Gasteiger partial charge in [0.15, 0.2) is 0 Å². The van der Waals surface area contributed by atoms with Crippen molar-refractivity contribution >= 4 is 0 Å². The fourth-order valence-electron chi connectivity index (χ4n) is 1.91. The number of nitrogens with zero attached hydrogens (tertiary/aromatic N) is 2. The molecule has 0 fully saturated rings. The van der Waals surface area contributed by atoms with Crippen LogP contribution in [0.2, 0.25) is 0 Å². The molecule has 2 rings (SSSR count). The average molecular weight is 165 g/mol. The number of hydrogen-bond donors (Lipinski definition) is 1. The van der Waals surface area contributed by atoms with Crippen LogP contribution in [0.5, 0.6) is 0 Å². The van der Waals surface area contributed by atoms with E-state index in [1.165, 1.54) is 18.5 Å². The van der Waals surface area contributed by atoms with Crippen molar-refractivity contribution in [3.8, 4) is 0 Å². The minimum absolute atomic E-state index is 0.775. The zero-order valence-corrected chi connectivity index (χ0v) is 7.24. The third-order valence-corrected chi connectivity index (χ3v) is 2.64. The molecular formula is C9H15N3. The van der Waals surface area contributed by atoms with E-state index in [1.54, 1.807) is 0 Å². The molecular weight excluding hydrogens is 150 g/mol. The van der Waals surface area contributed by atoms with Gasteiger partial charge in [-0.2, -0.15) is 0 Å². The van der Waals surface area contributed by atoms with Crippen molar-refractivity contribution in [3.05, 3.63) is 18.2 Å². The first kappa shape index (κ1) is 7.80. The number of hydrogen-bond acceptors (Lipinski definition) is 2. The summed E-state index contributed by atoms with van der Waals surface area (Å²) in [5.74, 6) is 0.775. The van der Waals surface area contributed by atoms with Crippen LogP contribution in [0.4, 0.5) is 0 Å². The number of aromatic nitrogens is 2. The molecule has 0 aliphatic carbocycles. The lowest BCUT2D eigenvalue weighted by Crippen LogP contribution is -2.21. The lowest BCUT2D eigenvalue weighted by molar-refractivity contribution is 0.353. The Kier molecular flexibility index (Phi) is 2.13. The highest BCUT2D eigenvalue weighted by Crippen LogP contribution is 2.21. The third kappa shape index (κ3) is 1.37. The molecule has 0 spiro atoms. The van der Waals surface area contributed by atoms with E-state index in [4.69, 9.17) is 5.73 Å². The van der Waals surface area contributed by atoms with Crippen molar-refractivity contribution in [2.24, 2.45) is 11.7 Å². The zero-order valence-electron chi connectivity index (χ0n) is 7.24. The first-order valence-electron chi connectivity index (χ1n) is 4.59. The quantitative estimate of drug-likeness (QED) is 0.704. The molecule has 12 heavy (non-hydrogen) atoms. The first-order valence-corrected chi connectivity index (χ1v) is 4.59. The van der Waals surface area contributed by atoms with E-state index in [0.29, 0.717) is 0 Å². The molecule has 0 saturated heterocycles. The fourth-order valence-corrected chi connectivity index (χ4v) is 1.91. The van der Waals surface area contributed by atoms with Crippen LogP contribution >= 0.6 is 0 Å². The van der Waals surface area contributed by atoms with Gasteiger partial charge < -0.3 is 10.3 Å². The summed E-state index contributed by atoms with van der Waals surface area (Å²) in [6, 6.07) is 0. The predicted molar refractivity (Wildman–Crippen MR) is 47.7 cm³/mol. The molecule has 0 saturated carbocycles. The van der Waals surface area contributed by atoms with Crippen LogP contribution in [0.15, 0.2) is 12.5 Å². The molecule has 1 aliphatic rings. The lowest BCUT2D eigenvalue weighted by Gasteiger charge is -2.23. The fraction of sp³-hybridized carbons (Fsp3) is 0.667. The number of rotatable bonds is 2. The maximum atomic E-state index is 5.53. The van der Waals surface area contributed by atoms with Gasteiger partial charge in [0.05, 0.1) is 6.33 Å². The van der Waals surface area contributed by atoms with Gasteiger partial charge in [-0.05, 0) is 31.7 Å². The molecule has 1 atom stereocenters. The zero-order chi connectivity index (χ0) is 8.39. The average Bonchev–Trinajstić information content (AvgIpc) is 2.51. The van der Waals surface area contributed by atoms with Crippen LogP contribution in [0.25, 0.3) is 0 Å². The van der Waals surface area contributed by atoms with Crippen molar-refractivity contribution in [1.82, 2.24) is 9.55 Å². The van der Waals surface area contributed by atoms with E-state index in [9.17, 15) is 0 Å². The summed E-state index contributed by atoms with van der Waals surface area (Å²) in [4.78, 5) is 4.13. The van der Waals surface area contributed by atoms with Gasteiger partial charge in [0.2, 0.25) is 0 Å². The van der Waals surface area contributed by atoms with Crippen LogP contribution in [-0.4, -0.2) is 16.1 Å². The van der Waals surface area contributed by atoms with Gasteiger partial charge >= 0.3 is 0 Å². The molecule has 0 aromatic carbocycles. The van der Waals surface area contributed by atoms with Crippen LogP contribution in [0.3, 0.4) is 0 Å². The maximum Gasteiger partial charge on any atom is 0.0948 e. The normalized spacial score (nSPS) is 22.2. The lowest BCUT2D eigenvalue weighted by atomic mass is 9.95. The van der Waals surface area contributed by atoms with Gasteiger partial charge in [-0.15, -0.1) is 0 Å². The molecule has 1 aromatic rings. The van der Waals surface area contributed by atoms with E-state index >= 15 is 0 Å². The second-order valence-corrected chi connectivity index (χ2v) is 3.52. The summed E-state index contributed by atoms with van der Waals surface area (Å²) in [5.41, 5.74) is 6.91. The SMILES string of the molecule is NCCC1CCc2cncn2C1. The van der Waals surface area contributed by atoms with Crippen molar-refractivity contribution in [2.75, 3.05) is 6.54 Å². The molecule has 2 N–H and O–H groups in total. The molecule has 0 bridgehead atoms. The monoisotopic (exact) mass is 165 g/mol. The van der Waals surface area contributed by atoms with E-state index in [2.05, 4.69) is 9.55 Å². The highest BCUT2D eigenvalue weighted by atomic mass is 15.1. The minimum Gasteiger partial charge on any atom is -0.334 e. The second-order valence-electron chi connectivity index (χ2n) is 3.52. The van der Waals surface area contributed by atoms with Crippen LogP contribution < -0.4 is 5.73 Å². The highest BCUT2D eigenvalue weighted by molar-refractivity contribution is 5.01. The van der Waals surface area contributed by atoms with E-state index in [1.807, 2.05) is 12.5 Å². The standard InChI is InChI=1S/C9H15N3/c10-4-3-8-1-2-9-5-11-7-12(9)6-8/h5,7-8H,1-4,6,10H2. The first-order chi connectivity index (χ1) is 5.90. The molecule has 1 unspecified atom stereocenters. The van der Waals surface area contributed by atoms with Crippen molar-refractivity contribution in [1.29, 1.82) is 0 Å². The van der Waals surface area contributed by atoms with Gasteiger partial charge in [0, 0.05) is 18.4 Å². The number of nitrogens with two attached hydrogens (primary N) is 1. The van der Waals surface area contributed by atoms with E-state index < -0.39 is 0 Å². The third-order valence-electron chi connectivity index (χ3n) is 2.64. The minimum atomic E-state index is 0.775. The predicted octanol–water partition coefficient (Wildman–Crippen LogP) is 0.794. The van der Waals surface area contributed by atoms with Crippen LogP contribution in [0, 0.1) is 5.92 Å². The maximum absolute atomic E-state index is 5.53. The smallest absolute Gasteiger partial charge is 0.0948 e. The number of fused-ring (bicyclic) bond motifs is 1. The molecule has 0 radical (unpaired) electrons. The summed E-state index contributed by atoms with van der Waals surface area (Å²) in [5, 5.41) is 0. The Hall–Kier alpha value is -0.830. The molecule has 3 nitrogen and oxygen atoms in total. The largest absolute Gasteiger partial charge is 0.334 e. The highest BCUT2D eigenvalue weighted by Gasteiger charge is 2.16. The van der Waals surface area contributed by atoms with Crippen molar-refractivity contribution in [2.45, 2.75) is 25.8 Å². The molecule has 1 aromatic heterocycles. The molecule has 0 amide bonds. The van der Waals surface area contributed by atoms with Gasteiger partial charge in [0.1, 0.15) is 0 Å². The Bertz CT molecular complexity index is 254. The van der Waals surface area contributed by atoms with E-state index in [0.717, 1.165) is 25.4 Å². The summed E-state index contributed by atoms with van der Waals surface area (Å²) < 4.78 is 2.25. The number of aryl methyl sites for hydroxylation is 1. The Morgan fingerprint density at radius 2 is 2.58 bits per heavy atom. The summed E-state index contributed by atoms with van der Waals surface area (Å²) in [6.45, 7) is 1.93. The molecule has 1 aliphatic heterocycles. The van der Waals surface area contributed by atoms with Crippen molar-refractivity contribution < 1.29 is 0 Å². The van der Waals surface area contributed by atoms with Crippen LogP contribution in [-0.2, 0) is 13.0 Å². The molecule has 66 valence electrons. The van der Waals surface area contributed by atoms with Gasteiger partial charge in [-0.25, -0.2) is 4.98 Å². The van der Waals surface area contributed by atoms with Crippen molar-refractivity contribution in [3.63, 3.8) is 0 Å². The van der Waals surface area contributed by atoms with Gasteiger partial charge in [-0.1, -0.05) is 0 Å². The van der Waals surface area contributed by atoms with Gasteiger partial charge in [-0.3, -0.25) is 0 Å². The Morgan fingerprint density at radius 3 is 3.42 bits per heavy atom. The Balaban J connectivity index is 2.05. The van der Waals surface area contributed by atoms with Gasteiger partial charge in [0.25, 0.3) is 0 Å². The van der Waals surface area contributed by atoms with Crippen LogP contribution in [0.1, 0.15) is 18.5 Å². The van der Waals surface area contributed by atoms with E-state index in [-0.39, 0.29) is 0 Å². The summed E-state index contributed by atoms with van der Waals surface area (Å²) in [7, 11) is 0. The Labute approximate surface area is 72.6 Å². The topological polar surface area (TPSA) is 43.8 Å².